The fraction of sp³-hybridized carbons (Fsp3) is 0.500. The first-order valence-corrected chi connectivity index (χ1v) is 7.18. The molecule has 0 saturated carbocycles. The Kier molecular flexibility index (Phi) is 4.12. The largest absolute Gasteiger partial charge is 0.392 e. The van der Waals surface area contributed by atoms with E-state index in [9.17, 15) is 9.90 Å². The van der Waals surface area contributed by atoms with E-state index < -0.39 is 0 Å². The zero-order chi connectivity index (χ0) is 14.7. The van der Waals surface area contributed by atoms with Gasteiger partial charge in [-0.15, -0.1) is 10.2 Å². The number of pyridine rings is 1. The molecule has 1 atom stereocenters. The van der Waals surface area contributed by atoms with Crippen molar-refractivity contribution in [2.24, 2.45) is 0 Å². The molecule has 2 aromatic rings. The normalized spacial score (nSPS) is 19.8. The second-order valence-electron chi connectivity index (χ2n) is 5.35. The molecule has 112 valence electrons. The van der Waals surface area contributed by atoms with E-state index >= 15 is 0 Å². The lowest BCUT2D eigenvalue weighted by atomic mass is 10.1. The van der Waals surface area contributed by atoms with Gasteiger partial charge >= 0.3 is 0 Å². The molecule has 0 radical (unpaired) electrons. The zero-order valence-corrected chi connectivity index (χ0v) is 11.8. The highest BCUT2D eigenvalue weighted by Crippen LogP contribution is 2.09. The molecular weight excluding hydrogens is 270 g/mol. The monoisotopic (exact) mass is 289 g/mol. The highest BCUT2D eigenvalue weighted by atomic mass is 16.3. The summed E-state index contributed by atoms with van der Waals surface area (Å²) in [5.74, 6) is 0.648. The van der Waals surface area contributed by atoms with Gasteiger partial charge in [0.05, 0.1) is 19.2 Å². The molecule has 0 aromatic carbocycles. The summed E-state index contributed by atoms with van der Waals surface area (Å²) in [4.78, 5) is 13.9. The highest BCUT2D eigenvalue weighted by Gasteiger charge is 2.19. The first kappa shape index (κ1) is 14.0. The van der Waals surface area contributed by atoms with Crippen LogP contribution in [-0.4, -0.2) is 56.2 Å². The Morgan fingerprint density at radius 2 is 2.33 bits per heavy atom. The lowest BCUT2D eigenvalue weighted by Crippen LogP contribution is -2.44. The number of aromatic nitrogens is 3. The number of hydrogen-bond donors (Lipinski definition) is 2. The van der Waals surface area contributed by atoms with E-state index in [4.69, 9.17) is 0 Å². The van der Waals surface area contributed by atoms with Crippen molar-refractivity contribution in [3.8, 4) is 0 Å². The lowest BCUT2D eigenvalue weighted by Gasteiger charge is -2.29. The Bertz CT molecular complexity index is 627. The van der Waals surface area contributed by atoms with Gasteiger partial charge in [-0.1, -0.05) is 6.07 Å². The van der Waals surface area contributed by atoms with Crippen LogP contribution in [0.1, 0.15) is 18.7 Å². The van der Waals surface area contributed by atoms with Crippen LogP contribution in [0.5, 0.6) is 0 Å². The molecule has 7 heteroatoms. The lowest BCUT2D eigenvalue weighted by molar-refractivity contribution is -0.123. The molecule has 2 aromatic heterocycles. The minimum atomic E-state index is -0.313. The standard InChI is InChI=1S/C14H19N5O2/c20-11-4-3-6-18(9-11)10-14(21)15-8-13-17-16-12-5-1-2-7-19(12)13/h1-2,5,7,11,20H,3-4,6,8-10H2,(H,15,21)/t11-/m0/s1. The van der Waals surface area contributed by atoms with E-state index in [1.165, 1.54) is 0 Å². The van der Waals surface area contributed by atoms with Crippen LogP contribution in [0.15, 0.2) is 24.4 Å². The molecular formula is C14H19N5O2. The number of aliphatic hydroxyl groups is 1. The van der Waals surface area contributed by atoms with Gasteiger partial charge in [-0.2, -0.15) is 0 Å². The number of aliphatic hydroxyl groups excluding tert-OH is 1. The van der Waals surface area contributed by atoms with Crippen molar-refractivity contribution in [2.75, 3.05) is 19.6 Å². The highest BCUT2D eigenvalue weighted by molar-refractivity contribution is 5.77. The van der Waals surface area contributed by atoms with Gasteiger partial charge < -0.3 is 10.4 Å². The number of fused-ring (bicyclic) bond motifs is 1. The van der Waals surface area contributed by atoms with Gasteiger partial charge in [-0.05, 0) is 31.5 Å². The maximum atomic E-state index is 12.0. The first-order chi connectivity index (χ1) is 10.2. The Morgan fingerprint density at radius 3 is 3.19 bits per heavy atom. The van der Waals surface area contributed by atoms with Crippen molar-refractivity contribution in [1.82, 2.24) is 24.8 Å². The number of piperidine rings is 1. The van der Waals surface area contributed by atoms with Crippen LogP contribution in [-0.2, 0) is 11.3 Å². The van der Waals surface area contributed by atoms with Crippen molar-refractivity contribution >= 4 is 11.6 Å². The molecule has 3 heterocycles. The molecule has 7 nitrogen and oxygen atoms in total. The zero-order valence-electron chi connectivity index (χ0n) is 11.8. The summed E-state index contributed by atoms with van der Waals surface area (Å²) in [5, 5.41) is 20.6. The third-order valence-electron chi connectivity index (χ3n) is 3.68. The van der Waals surface area contributed by atoms with Crippen LogP contribution < -0.4 is 5.32 Å². The number of rotatable bonds is 4. The van der Waals surface area contributed by atoms with Crippen LogP contribution in [0.25, 0.3) is 5.65 Å². The number of nitrogens with one attached hydrogen (secondary N) is 1. The fourth-order valence-corrected chi connectivity index (χ4v) is 2.62. The summed E-state index contributed by atoms with van der Waals surface area (Å²) in [5.41, 5.74) is 0.765. The van der Waals surface area contributed by atoms with Crippen molar-refractivity contribution < 1.29 is 9.90 Å². The summed E-state index contributed by atoms with van der Waals surface area (Å²) < 4.78 is 1.85. The second-order valence-corrected chi connectivity index (χ2v) is 5.35. The van der Waals surface area contributed by atoms with E-state index in [2.05, 4.69) is 15.5 Å². The predicted molar refractivity (Wildman–Crippen MR) is 76.5 cm³/mol. The van der Waals surface area contributed by atoms with Crippen LogP contribution in [0.2, 0.25) is 0 Å². The minimum Gasteiger partial charge on any atom is -0.392 e. The van der Waals surface area contributed by atoms with Gasteiger partial charge in [-0.25, -0.2) is 0 Å². The molecule has 2 N–H and O–H groups in total. The Morgan fingerprint density at radius 1 is 1.43 bits per heavy atom. The van der Waals surface area contributed by atoms with Gasteiger partial charge in [0, 0.05) is 12.7 Å². The molecule has 3 rings (SSSR count). The molecule has 1 fully saturated rings. The van der Waals surface area contributed by atoms with E-state index in [0.717, 1.165) is 25.0 Å². The number of hydrogen-bond acceptors (Lipinski definition) is 5. The van der Waals surface area contributed by atoms with Crippen molar-refractivity contribution in [3.05, 3.63) is 30.2 Å². The van der Waals surface area contributed by atoms with Crippen LogP contribution in [0.3, 0.4) is 0 Å². The van der Waals surface area contributed by atoms with Gasteiger partial charge in [-0.3, -0.25) is 14.1 Å². The average Bonchev–Trinajstić information content (AvgIpc) is 2.88. The fourth-order valence-electron chi connectivity index (χ4n) is 2.62. The molecule has 1 aliphatic rings. The average molecular weight is 289 g/mol. The second kappa shape index (κ2) is 6.19. The molecule has 21 heavy (non-hydrogen) atoms. The Hall–Kier alpha value is -1.99. The number of carbonyl (C=O) groups is 1. The minimum absolute atomic E-state index is 0.0585. The first-order valence-electron chi connectivity index (χ1n) is 7.18. The number of amides is 1. The van der Waals surface area contributed by atoms with Crippen LogP contribution in [0.4, 0.5) is 0 Å². The smallest absolute Gasteiger partial charge is 0.234 e. The summed E-state index contributed by atoms with van der Waals surface area (Å²) in [7, 11) is 0. The number of nitrogens with zero attached hydrogens (tertiary/aromatic N) is 4. The molecule has 0 bridgehead atoms. The Balaban J connectivity index is 1.54. The van der Waals surface area contributed by atoms with Crippen molar-refractivity contribution in [3.63, 3.8) is 0 Å². The number of carbonyl (C=O) groups excluding carboxylic acids is 1. The molecule has 0 spiro atoms. The molecule has 1 aliphatic heterocycles. The van der Waals surface area contributed by atoms with Gasteiger partial charge in [0.25, 0.3) is 0 Å². The molecule has 1 saturated heterocycles. The van der Waals surface area contributed by atoms with E-state index in [1.54, 1.807) is 0 Å². The topological polar surface area (TPSA) is 82.8 Å². The third kappa shape index (κ3) is 3.37. The molecule has 0 unspecified atom stereocenters. The van der Waals surface area contributed by atoms with Gasteiger partial charge in [0.15, 0.2) is 11.5 Å². The summed E-state index contributed by atoms with van der Waals surface area (Å²) in [6.45, 7) is 2.09. The molecule has 1 amide bonds. The predicted octanol–water partition coefficient (Wildman–Crippen LogP) is -0.198. The van der Waals surface area contributed by atoms with Crippen molar-refractivity contribution in [1.29, 1.82) is 0 Å². The van der Waals surface area contributed by atoms with Crippen LogP contribution >= 0.6 is 0 Å². The quantitative estimate of drug-likeness (QED) is 0.814. The van der Waals surface area contributed by atoms with Crippen LogP contribution in [0, 0.1) is 0 Å². The summed E-state index contributed by atoms with van der Waals surface area (Å²) >= 11 is 0. The van der Waals surface area contributed by atoms with E-state index in [-0.39, 0.29) is 12.0 Å². The third-order valence-corrected chi connectivity index (χ3v) is 3.68. The summed E-state index contributed by atoms with van der Waals surface area (Å²) in [6.07, 6.45) is 3.32. The molecule has 0 aliphatic carbocycles. The Labute approximate surface area is 122 Å². The van der Waals surface area contributed by atoms with E-state index in [1.807, 2.05) is 33.7 Å². The maximum Gasteiger partial charge on any atom is 0.234 e. The summed E-state index contributed by atoms with van der Waals surface area (Å²) in [6, 6.07) is 5.66. The van der Waals surface area contributed by atoms with E-state index in [0.29, 0.717) is 25.5 Å². The van der Waals surface area contributed by atoms with Crippen molar-refractivity contribution in [2.45, 2.75) is 25.5 Å². The van der Waals surface area contributed by atoms with Gasteiger partial charge in [0.2, 0.25) is 5.91 Å². The number of β-amino-alcohol motifs (C(OH)–C–C–N with tert-alkyl or cyclic N) is 1. The number of likely N-dealkylation sites (tertiary alicyclic amines) is 1. The maximum absolute atomic E-state index is 12.0. The SMILES string of the molecule is O=C(CN1CCC[C@H](O)C1)NCc1nnc2ccccn12. The van der Waals surface area contributed by atoms with Gasteiger partial charge in [0.1, 0.15) is 0 Å².